The van der Waals surface area contributed by atoms with Crippen molar-refractivity contribution in [2.45, 2.75) is 12.2 Å². The van der Waals surface area contributed by atoms with Crippen molar-refractivity contribution in [3.8, 4) is 11.1 Å². The number of likely N-dealkylation sites (N-methyl/N-ethyl adjacent to an activating group) is 1. The van der Waals surface area contributed by atoms with Gasteiger partial charge in [0, 0.05) is 54.1 Å². The quantitative estimate of drug-likeness (QED) is 0.664. The number of pyridine rings is 1. The Bertz CT molecular complexity index is 1170. The molecule has 3 aromatic rings. The first-order valence-corrected chi connectivity index (χ1v) is 8.78. The number of aromatic nitrogens is 3. The Labute approximate surface area is 169 Å². The molecule has 152 valence electrons. The molecular formula is C20H15F3N6O. The Hall–Kier alpha value is -3.82. The van der Waals surface area contributed by atoms with Crippen molar-refractivity contribution in [3.63, 3.8) is 0 Å². The molecule has 3 heterocycles. The summed E-state index contributed by atoms with van der Waals surface area (Å²) in [5, 5.41) is 0. The van der Waals surface area contributed by atoms with Gasteiger partial charge in [0.25, 0.3) is 5.91 Å². The van der Waals surface area contributed by atoms with E-state index in [4.69, 9.17) is 5.73 Å². The summed E-state index contributed by atoms with van der Waals surface area (Å²) in [5.41, 5.74) is 5.28. The zero-order valence-electron chi connectivity index (χ0n) is 15.7. The van der Waals surface area contributed by atoms with Crippen LogP contribution in [-0.2, 0) is 17.0 Å². The number of carbonyl (C=O) groups is 1. The average molecular weight is 412 g/mol. The predicted molar refractivity (Wildman–Crippen MR) is 102 cm³/mol. The molecule has 2 N–H and O–H groups in total. The van der Waals surface area contributed by atoms with Crippen LogP contribution in [0.25, 0.3) is 11.1 Å². The Balaban J connectivity index is 1.96. The molecule has 10 heteroatoms. The summed E-state index contributed by atoms with van der Waals surface area (Å²) < 4.78 is 40.9. The lowest BCUT2D eigenvalue weighted by molar-refractivity contribution is -0.129. The van der Waals surface area contributed by atoms with Crippen molar-refractivity contribution in [2.24, 2.45) is 10.7 Å². The number of guanidine groups is 1. The predicted octanol–water partition coefficient (Wildman–Crippen LogP) is 2.32. The van der Waals surface area contributed by atoms with Crippen molar-refractivity contribution in [1.29, 1.82) is 0 Å². The Kier molecular flexibility index (Phi) is 4.69. The molecule has 1 unspecified atom stereocenters. The number of benzene rings is 1. The second-order valence-corrected chi connectivity index (χ2v) is 6.70. The number of rotatable bonds is 4. The first-order valence-electron chi connectivity index (χ1n) is 8.78. The van der Waals surface area contributed by atoms with Crippen LogP contribution in [0.2, 0.25) is 0 Å². The van der Waals surface area contributed by atoms with E-state index in [9.17, 15) is 18.0 Å². The maximum atomic E-state index is 14.6. The second kappa shape index (κ2) is 7.21. The van der Waals surface area contributed by atoms with E-state index in [-0.39, 0.29) is 33.8 Å². The number of nitrogens with zero attached hydrogens (tertiary/aromatic N) is 5. The van der Waals surface area contributed by atoms with Crippen LogP contribution in [0.3, 0.4) is 0 Å². The summed E-state index contributed by atoms with van der Waals surface area (Å²) in [6.45, 7) is -0.790. The Morgan fingerprint density at radius 2 is 1.80 bits per heavy atom. The fourth-order valence-electron chi connectivity index (χ4n) is 3.37. The van der Waals surface area contributed by atoms with Crippen molar-refractivity contribution in [2.75, 3.05) is 7.05 Å². The molecule has 1 aliphatic heterocycles. The van der Waals surface area contributed by atoms with Crippen molar-refractivity contribution >= 4 is 11.9 Å². The van der Waals surface area contributed by atoms with Gasteiger partial charge in [-0.25, -0.2) is 23.7 Å². The summed E-state index contributed by atoms with van der Waals surface area (Å²) in [5.74, 6) is -1.19. The third-order valence-corrected chi connectivity index (χ3v) is 4.92. The number of alkyl halides is 1. The van der Waals surface area contributed by atoms with Gasteiger partial charge < -0.3 is 5.73 Å². The fourth-order valence-corrected chi connectivity index (χ4v) is 3.37. The van der Waals surface area contributed by atoms with E-state index in [1.807, 2.05) is 0 Å². The van der Waals surface area contributed by atoms with Crippen molar-refractivity contribution in [3.05, 3.63) is 77.6 Å². The van der Waals surface area contributed by atoms with Crippen LogP contribution in [0.15, 0.2) is 54.0 Å². The lowest BCUT2D eigenvalue weighted by Crippen LogP contribution is -2.41. The highest BCUT2D eigenvalue weighted by atomic mass is 19.1. The van der Waals surface area contributed by atoms with E-state index in [1.165, 1.54) is 37.6 Å². The minimum absolute atomic E-state index is 0.0394. The number of aliphatic imine (C=N–C) groups is 1. The number of hydrogen-bond donors (Lipinski definition) is 1. The molecule has 0 aliphatic carbocycles. The zero-order valence-corrected chi connectivity index (χ0v) is 15.7. The first kappa shape index (κ1) is 19.5. The highest BCUT2D eigenvalue weighted by Gasteiger charge is 2.50. The molecule has 0 fully saturated rings. The molecule has 0 bridgehead atoms. The van der Waals surface area contributed by atoms with Crippen LogP contribution in [-0.4, -0.2) is 38.8 Å². The van der Waals surface area contributed by atoms with Gasteiger partial charge >= 0.3 is 6.08 Å². The standard InChI is InChI=1S/C20H15F3N6O/c1-29-17(30)20(28-19(29)24,14-4-11(6-21)7-25-10-14)13-2-3-16(22)15(5-13)12-8-26-18(23)27-9-12/h2-5,7-10H,6H2,1H3,(H2,24,28). The topological polar surface area (TPSA) is 97.4 Å². The van der Waals surface area contributed by atoms with Crippen molar-refractivity contribution in [1.82, 2.24) is 19.9 Å². The first-order chi connectivity index (χ1) is 14.4. The lowest BCUT2D eigenvalue weighted by Gasteiger charge is -2.26. The van der Waals surface area contributed by atoms with E-state index in [0.717, 1.165) is 23.4 Å². The summed E-state index contributed by atoms with van der Waals surface area (Å²) in [6.07, 6.45) is 4.02. The molecule has 1 amide bonds. The van der Waals surface area contributed by atoms with Gasteiger partial charge in [-0.15, -0.1) is 0 Å². The van der Waals surface area contributed by atoms with E-state index in [1.54, 1.807) is 0 Å². The van der Waals surface area contributed by atoms with E-state index >= 15 is 0 Å². The molecule has 1 aromatic carbocycles. The molecule has 0 saturated heterocycles. The van der Waals surface area contributed by atoms with Gasteiger partial charge in [-0.1, -0.05) is 6.07 Å². The van der Waals surface area contributed by atoms with Gasteiger partial charge in [0.1, 0.15) is 12.5 Å². The third kappa shape index (κ3) is 2.97. The number of amides is 1. The summed E-state index contributed by atoms with van der Waals surface area (Å²) in [4.78, 5) is 29.7. The molecule has 4 rings (SSSR count). The van der Waals surface area contributed by atoms with Gasteiger partial charge in [-0.05, 0) is 23.8 Å². The SMILES string of the molecule is CN1C(=O)C(c2cncc(CF)c2)(c2ccc(F)c(-c3cnc(F)nc3)c2)N=C1N. The Morgan fingerprint density at radius 3 is 2.43 bits per heavy atom. The normalized spacial score (nSPS) is 18.6. The molecule has 1 aliphatic rings. The molecule has 1 atom stereocenters. The summed E-state index contributed by atoms with van der Waals surface area (Å²) in [6, 6.07) is 5.39. The largest absolute Gasteiger partial charge is 0.369 e. The second-order valence-electron chi connectivity index (χ2n) is 6.70. The van der Waals surface area contributed by atoms with E-state index in [0.29, 0.717) is 0 Å². The maximum absolute atomic E-state index is 14.6. The van der Waals surface area contributed by atoms with Gasteiger partial charge in [0.15, 0.2) is 11.5 Å². The average Bonchev–Trinajstić information content (AvgIpc) is 2.99. The molecule has 0 spiro atoms. The zero-order chi connectivity index (χ0) is 21.5. The number of carbonyl (C=O) groups excluding carboxylic acids is 1. The van der Waals surface area contributed by atoms with Crippen LogP contribution in [0.5, 0.6) is 0 Å². The molecule has 2 aromatic heterocycles. The summed E-state index contributed by atoms with van der Waals surface area (Å²) in [7, 11) is 1.45. The van der Waals surface area contributed by atoms with E-state index < -0.39 is 30.0 Å². The van der Waals surface area contributed by atoms with Gasteiger partial charge in [0.05, 0.1) is 0 Å². The minimum atomic E-state index is -1.68. The number of hydrogen-bond acceptors (Lipinski definition) is 6. The van der Waals surface area contributed by atoms with E-state index in [2.05, 4.69) is 19.9 Å². The number of nitrogens with two attached hydrogens (primary N) is 1. The van der Waals surface area contributed by atoms with Crippen LogP contribution in [0.1, 0.15) is 16.7 Å². The number of halogens is 3. The third-order valence-electron chi connectivity index (χ3n) is 4.92. The Morgan fingerprint density at radius 1 is 1.07 bits per heavy atom. The molecule has 0 radical (unpaired) electrons. The maximum Gasteiger partial charge on any atom is 0.308 e. The molecule has 7 nitrogen and oxygen atoms in total. The highest BCUT2D eigenvalue weighted by molar-refractivity contribution is 6.09. The molecule has 0 saturated carbocycles. The van der Waals surface area contributed by atoms with Crippen molar-refractivity contribution < 1.29 is 18.0 Å². The van der Waals surface area contributed by atoms with Gasteiger partial charge in [-0.3, -0.25) is 14.7 Å². The fraction of sp³-hybridized carbons (Fsp3) is 0.150. The van der Waals surface area contributed by atoms with Crippen LogP contribution < -0.4 is 5.73 Å². The van der Waals surface area contributed by atoms with Crippen LogP contribution >= 0.6 is 0 Å². The smallest absolute Gasteiger partial charge is 0.308 e. The highest BCUT2D eigenvalue weighted by Crippen LogP contribution is 2.41. The lowest BCUT2D eigenvalue weighted by atomic mass is 9.82. The van der Waals surface area contributed by atoms with Crippen LogP contribution in [0, 0.1) is 11.9 Å². The molecule has 30 heavy (non-hydrogen) atoms. The van der Waals surface area contributed by atoms with Gasteiger partial charge in [0.2, 0.25) is 0 Å². The summed E-state index contributed by atoms with van der Waals surface area (Å²) >= 11 is 0. The van der Waals surface area contributed by atoms with Crippen LogP contribution in [0.4, 0.5) is 13.2 Å². The molecular weight excluding hydrogens is 397 g/mol. The minimum Gasteiger partial charge on any atom is -0.369 e. The monoisotopic (exact) mass is 412 g/mol. The van der Waals surface area contributed by atoms with Gasteiger partial charge in [-0.2, -0.15) is 4.39 Å².